The zero-order valence-electron chi connectivity index (χ0n) is 9.61. The van der Waals surface area contributed by atoms with Crippen molar-refractivity contribution in [2.75, 3.05) is 5.73 Å². The van der Waals surface area contributed by atoms with E-state index in [0.29, 0.717) is 6.61 Å². The second-order valence-corrected chi connectivity index (χ2v) is 4.76. The molecule has 0 radical (unpaired) electrons. The molecule has 2 aromatic rings. The summed E-state index contributed by atoms with van der Waals surface area (Å²) >= 11 is 3.45. The molecular weight excluding hydrogens is 278 g/mol. The van der Waals surface area contributed by atoms with Crippen LogP contribution in [0.3, 0.4) is 0 Å². The minimum Gasteiger partial charge on any atom is -0.488 e. The molecule has 0 unspecified atom stereocenters. The zero-order valence-corrected chi connectivity index (χ0v) is 11.2. The monoisotopic (exact) mass is 291 g/mol. The van der Waals surface area contributed by atoms with E-state index in [2.05, 4.69) is 15.9 Å². The minimum absolute atomic E-state index is 0.521. The van der Waals surface area contributed by atoms with Gasteiger partial charge in [0.15, 0.2) is 0 Å². The highest BCUT2D eigenvalue weighted by molar-refractivity contribution is 9.10. The Morgan fingerprint density at radius 3 is 2.65 bits per heavy atom. The lowest BCUT2D eigenvalue weighted by atomic mass is 10.1. The lowest BCUT2D eigenvalue weighted by Crippen LogP contribution is -1.98. The molecule has 0 aromatic heterocycles. The topological polar surface area (TPSA) is 35.2 Å². The van der Waals surface area contributed by atoms with Crippen molar-refractivity contribution in [1.29, 1.82) is 0 Å². The van der Waals surface area contributed by atoms with Gasteiger partial charge in [-0.15, -0.1) is 0 Å². The summed E-state index contributed by atoms with van der Waals surface area (Å²) in [5.41, 5.74) is 8.82. The van der Waals surface area contributed by atoms with E-state index in [9.17, 15) is 0 Å². The first-order valence-electron chi connectivity index (χ1n) is 5.39. The lowest BCUT2D eigenvalue weighted by molar-refractivity contribution is 0.304. The molecule has 0 aliphatic carbocycles. The van der Waals surface area contributed by atoms with Gasteiger partial charge >= 0.3 is 0 Å². The molecule has 0 atom stereocenters. The highest BCUT2D eigenvalue weighted by Crippen LogP contribution is 2.25. The van der Waals surface area contributed by atoms with E-state index in [0.717, 1.165) is 27.0 Å². The fourth-order valence-electron chi connectivity index (χ4n) is 1.50. The molecule has 0 amide bonds. The quantitative estimate of drug-likeness (QED) is 0.870. The van der Waals surface area contributed by atoms with E-state index in [1.807, 2.05) is 49.4 Å². The summed E-state index contributed by atoms with van der Waals surface area (Å²) in [4.78, 5) is 0. The Morgan fingerprint density at radius 2 is 1.94 bits per heavy atom. The number of para-hydroxylation sites is 1. The van der Waals surface area contributed by atoms with Gasteiger partial charge in [-0.2, -0.15) is 0 Å². The third-order valence-electron chi connectivity index (χ3n) is 2.57. The number of aryl methyl sites for hydroxylation is 1. The number of hydrogen-bond acceptors (Lipinski definition) is 2. The predicted octanol–water partition coefficient (Wildman–Crippen LogP) is 3.92. The van der Waals surface area contributed by atoms with Crippen molar-refractivity contribution >= 4 is 21.6 Å². The third kappa shape index (κ3) is 3.01. The van der Waals surface area contributed by atoms with Crippen molar-refractivity contribution in [2.45, 2.75) is 13.5 Å². The Balaban J connectivity index is 2.08. The van der Waals surface area contributed by atoms with Crippen LogP contribution in [0.5, 0.6) is 5.75 Å². The Bertz CT molecular complexity index is 525. The first-order chi connectivity index (χ1) is 8.16. The number of rotatable bonds is 3. The third-order valence-corrected chi connectivity index (χ3v) is 3.23. The normalized spacial score (nSPS) is 10.2. The summed E-state index contributed by atoms with van der Waals surface area (Å²) in [5.74, 6) is 0.839. The van der Waals surface area contributed by atoms with Crippen LogP contribution in [0.15, 0.2) is 46.9 Å². The molecule has 0 aliphatic heterocycles. The van der Waals surface area contributed by atoms with Gasteiger partial charge in [-0.05, 0) is 52.2 Å². The Kier molecular flexibility index (Phi) is 3.69. The average molecular weight is 292 g/mol. The molecule has 2 N–H and O–H groups in total. The molecule has 0 saturated carbocycles. The van der Waals surface area contributed by atoms with Crippen LogP contribution in [0.25, 0.3) is 0 Å². The van der Waals surface area contributed by atoms with Gasteiger partial charge in [0.25, 0.3) is 0 Å². The van der Waals surface area contributed by atoms with Crippen molar-refractivity contribution in [2.24, 2.45) is 0 Å². The fraction of sp³-hybridized carbons (Fsp3) is 0.143. The van der Waals surface area contributed by atoms with Gasteiger partial charge in [0.05, 0.1) is 4.47 Å². The van der Waals surface area contributed by atoms with Gasteiger partial charge in [0.2, 0.25) is 0 Å². The van der Waals surface area contributed by atoms with Crippen LogP contribution in [0.2, 0.25) is 0 Å². The number of ether oxygens (including phenoxy) is 1. The van der Waals surface area contributed by atoms with E-state index in [-0.39, 0.29) is 0 Å². The van der Waals surface area contributed by atoms with Crippen LogP contribution < -0.4 is 10.5 Å². The van der Waals surface area contributed by atoms with E-state index in [4.69, 9.17) is 10.5 Å². The second-order valence-electron chi connectivity index (χ2n) is 3.91. The van der Waals surface area contributed by atoms with Crippen molar-refractivity contribution in [1.82, 2.24) is 0 Å². The molecule has 0 heterocycles. The van der Waals surface area contributed by atoms with Gasteiger partial charge in [0, 0.05) is 5.69 Å². The zero-order chi connectivity index (χ0) is 12.3. The van der Waals surface area contributed by atoms with Crippen molar-refractivity contribution in [3.05, 3.63) is 58.1 Å². The molecular formula is C14H14BrNO. The molecule has 2 nitrogen and oxygen atoms in total. The van der Waals surface area contributed by atoms with Crippen LogP contribution in [0, 0.1) is 6.92 Å². The number of nitrogen functional groups attached to an aromatic ring is 1. The van der Waals surface area contributed by atoms with Gasteiger partial charge < -0.3 is 10.5 Å². The maximum atomic E-state index is 5.85. The summed E-state index contributed by atoms with van der Waals surface area (Å²) in [6, 6.07) is 13.8. The number of halogens is 1. The van der Waals surface area contributed by atoms with Crippen LogP contribution in [-0.4, -0.2) is 0 Å². The first-order valence-corrected chi connectivity index (χ1v) is 6.18. The molecule has 17 heavy (non-hydrogen) atoms. The SMILES string of the molecule is Cc1ccc(COc2ccccc2Br)cc1N. The molecule has 0 fully saturated rings. The molecule has 0 bridgehead atoms. The summed E-state index contributed by atoms with van der Waals surface area (Å²) in [6.07, 6.45) is 0. The summed E-state index contributed by atoms with van der Waals surface area (Å²) in [6.45, 7) is 2.51. The fourth-order valence-corrected chi connectivity index (χ4v) is 1.90. The number of benzene rings is 2. The number of anilines is 1. The van der Waals surface area contributed by atoms with Crippen molar-refractivity contribution in [3.8, 4) is 5.75 Å². The molecule has 0 saturated heterocycles. The van der Waals surface area contributed by atoms with Crippen LogP contribution in [0.1, 0.15) is 11.1 Å². The molecule has 0 aliphatic rings. The number of hydrogen-bond donors (Lipinski definition) is 1. The highest BCUT2D eigenvalue weighted by Gasteiger charge is 2.01. The molecule has 2 rings (SSSR count). The molecule has 3 heteroatoms. The molecule has 88 valence electrons. The molecule has 2 aromatic carbocycles. The van der Waals surface area contributed by atoms with Crippen LogP contribution in [-0.2, 0) is 6.61 Å². The summed E-state index contributed by atoms with van der Waals surface area (Å²) in [5, 5.41) is 0. The Morgan fingerprint density at radius 1 is 1.18 bits per heavy atom. The van der Waals surface area contributed by atoms with Crippen molar-refractivity contribution in [3.63, 3.8) is 0 Å². The van der Waals surface area contributed by atoms with E-state index in [1.54, 1.807) is 0 Å². The standard InChI is InChI=1S/C14H14BrNO/c1-10-6-7-11(8-13(10)16)9-17-14-5-3-2-4-12(14)15/h2-8H,9,16H2,1H3. The van der Waals surface area contributed by atoms with Crippen LogP contribution in [0.4, 0.5) is 5.69 Å². The Labute approximate surface area is 110 Å². The average Bonchev–Trinajstić information content (AvgIpc) is 2.32. The van der Waals surface area contributed by atoms with E-state index >= 15 is 0 Å². The first kappa shape index (κ1) is 12.0. The maximum absolute atomic E-state index is 5.85. The lowest BCUT2D eigenvalue weighted by Gasteiger charge is -2.09. The maximum Gasteiger partial charge on any atom is 0.133 e. The largest absolute Gasteiger partial charge is 0.488 e. The predicted molar refractivity (Wildman–Crippen MR) is 74.1 cm³/mol. The highest BCUT2D eigenvalue weighted by atomic mass is 79.9. The van der Waals surface area contributed by atoms with Gasteiger partial charge in [-0.1, -0.05) is 24.3 Å². The smallest absolute Gasteiger partial charge is 0.133 e. The van der Waals surface area contributed by atoms with Crippen molar-refractivity contribution < 1.29 is 4.74 Å². The molecule has 0 spiro atoms. The minimum atomic E-state index is 0.521. The summed E-state index contributed by atoms with van der Waals surface area (Å²) < 4.78 is 6.67. The van der Waals surface area contributed by atoms with E-state index in [1.165, 1.54) is 0 Å². The number of nitrogens with two attached hydrogens (primary N) is 1. The van der Waals surface area contributed by atoms with E-state index < -0.39 is 0 Å². The Hall–Kier alpha value is -1.48. The second kappa shape index (κ2) is 5.23. The van der Waals surface area contributed by atoms with Gasteiger partial charge in [-0.3, -0.25) is 0 Å². The summed E-state index contributed by atoms with van der Waals surface area (Å²) in [7, 11) is 0. The van der Waals surface area contributed by atoms with Gasteiger partial charge in [-0.25, -0.2) is 0 Å². The van der Waals surface area contributed by atoms with Crippen LogP contribution >= 0.6 is 15.9 Å². The van der Waals surface area contributed by atoms with Gasteiger partial charge in [0.1, 0.15) is 12.4 Å².